The fourth-order valence-electron chi connectivity index (χ4n) is 2.50. The number of carbonyl (C=O) groups is 1. The molecule has 5 heteroatoms. The number of anilines is 1. The largest absolute Gasteiger partial charge is 0.358 e. The predicted molar refractivity (Wildman–Crippen MR) is 79.7 cm³/mol. The van der Waals surface area contributed by atoms with Crippen molar-refractivity contribution >= 4 is 11.7 Å². The molecule has 20 heavy (non-hydrogen) atoms. The highest BCUT2D eigenvalue weighted by atomic mass is 16.2. The summed E-state index contributed by atoms with van der Waals surface area (Å²) < 4.78 is 0. The standard InChI is InChI=1S/C15H24N4O/c1-10(2)18-15(20)11(3)19-14-12-7-5-4-6-8-13(12)16-9-17-14/h9-11H,4-8H2,1-3H3,(H,18,20)(H,16,17,19). The van der Waals surface area contributed by atoms with E-state index in [4.69, 9.17) is 0 Å². The van der Waals surface area contributed by atoms with E-state index < -0.39 is 0 Å². The van der Waals surface area contributed by atoms with Crippen LogP contribution in [0.5, 0.6) is 0 Å². The zero-order chi connectivity index (χ0) is 14.5. The van der Waals surface area contributed by atoms with Gasteiger partial charge in [0.2, 0.25) is 5.91 Å². The van der Waals surface area contributed by atoms with Crippen LogP contribution in [0.15, 0.2) is 6.33 Å². The lowest BCUT2D eigenvalue weighted by molar-refractivity contribution is -0.122. The van der Waals surface area contributed by atoms with Gasteiger partial charge in [-0.3, -0.25) is 4.79 Å². The molecule has 1 aromatic rings. The first kappa shape index (κ1) is 14.8. The second-order valence-corrected chi connectivity index (χ2v) is 5.74. The van der Waals surface area contributed by atoms with Crippen molar-refractivity contribution in [2.45, 2.75) is 65.0 Å². The van der Waals surface area contributed by atoms with E-state index in [2.05, 4.69) is 20.6 Å². The minimum absolute atomic E-state index is 0.000911. The van der Waals surface area contributed by atoms with E-state index in [-0.39, 0.29) is 18.0 Å². The first-order valence-electron chi connectivity index (χ1n) is 7.47. The Hall–Kier alpha value is -1.65. The Balaban J connectivity index is 2.11. The van der Waals surface area contributed by atoms with Gasteiger partial charge in [0.15, 0.2) is 0 Å². The first-order valence-corrected chi connectivity index (χ1v) is 7.47. The van der Waals surface area contributed by atoms with Gasteiger partial charge >= 0.3 is 0 Å². The highest BCUT2D eigenvalue weighted by Gasteiger charge is 2.18. The minimum atomic E-state index is -0.292. The van der Waals surface area contributed by atoms with Crippen LogP contribution in [0.25, 0.3) is 0 Å². The Morgan fingerprint density at radius 1 is 1.15 bits per heavy atom. The number of aryl methyl sites for hydroxylation is 1. The molecule has 1 aliphatic rings. The number of carbonyl (C=O) groups excluding carboxylic acids is 1. The minimum Gasteiger partial charge on any atom is -0.358 e. The van der Waals surface area contributed by atoms with Gasteiger partial charge in [-0.2, -0.15) is 0 Å². The Morgan fingerprint density at radius 3 is 2.65 bits per heavy atom. The maximum absolute atomic E-state index is 12.0. The average Bonchev–Trinajstić information content (AvgIpc) is 2.63. The molecule has 0 saturated carbocycles. The van der Waals surface area contributed by atoms with Crippen molar-refractivity contribution in [3.05, 3.63) is 17.6 Å². The molecule has 0 spiro atoms. The van der Waals surface area contributed by atoms with Gasteiger partial charge in [0.1, 0.15) is 18.2 Å². The number of hydrogen-bond donors (Lipinski definition) is 2. The van der Waals surface area contributed by atoms with Gasteiger partial charge in [-0.15, -0.1) is 0 Å². The average molecular weight is 276 g/mol. The van der Waals surface area contributed by atoms with Crippen LogP contribution in [0, 0.1) is 0 Å². The number of nitrogens with one attached hydrogen (secondary N) is 2. The molecule has 1 amide bonds. The molecule has 2 N–H and O–H groups in total. The van der Waals surface area contributed by atoms with Gasteiger partial charge < -0.3 is 10.6 Å². The number of nitrogens with zero attached hydrogens (tertiary/aromatic N) is 2. The van der Waals surface area contributed by atoms with Crippen LogP contribution in [0.2, 0.25) is 0 Å². The van der Waals surface area contributed by atoms with Crippen LogP contribution < -0.4 is 10.6 Å². The lowest BCUT2D eigenvalue weighted by atomic mass is 10.1. The number of fused-ring (bicyclic) bond motifs is 1. The van der Waals surface area contributed by atoms with E-state index in [9.17, 15) is 4.79 Å². The van der Waals surface area contributed by atoms with Crippen molar-refractivity contribution in [3.8, 4) is 0 Å². The zero-order valence-electron chi connectivity index (χ0n) is 12.6. The molecule has 5 nitrogen and oxygen atoms in total. The lowest BCUT2D eigenvalue weighted by Crippen LogP contribution is -2.41. The van der Waals surface area contributed by atoms with Crippen molar-refractivity contribution < 1.29 is 4.79 Å². The van der Waals surface area contributed by atoms with Gasteiger partial charge in [-0.05, 0) is 46.5 Å². The van der Waals surface area contributed by atoms with Gasteiger partial charge in [-0.1, -0.05) is 6.42 Å². The molecule has 1 atom stereocenters. The molecular weight excluding hydrogens is 252 g/mol. The van der Waals surface area contributed by atoms with E-state index in [1.165, 1.54) is 24.8 Å². The Morgan fingerprint density at radius 2 is 1.90 bits per heavy atom. The molecule has 0 aliphatic heterocycles. The zero-order valence-corrected chi connectivity index (χ0v) is 12.6. The van der Waals surface area contributed by atoms with E-state index in [0.717, 1.165) is 24.4 Å². The predicted octanol–water partition coefficient (Wildman–Crippen LogP) is 2.07. The van der Waals surface area contributed by atoms with E-state index in [0.29, 0.717) is 0 Å². The topological polar surface area (TPSA) is 66.9 Å². The fraction of sp³-hybridized carbons (Fsp3) is 0.667. The van der Waals surface area contributed by atoms with Crippen molar-refractivity contribution in [3.63, 3.8) is 0 Å². The monoisotopic (exact) mass is 276 g/mol. The molecule has 1 unspecified atom stereocenters. The second kappa shape index (κ2) is 6.68. The summed E-state index contributed by atoms with van der Waals surface area (Å²) in [4.78, 5) is 20.7. The number of aromatic nitrogens is 2. The van der Waals surface area contributed by atoms with Gasteiger partial charge in [-0.25, -0.2) is 9.97 Å². The Kier molecular flexibility index (Phi) is 4.93. The normalized spacial score (nSPS) is 16.2. The molecule has 0 aromatic carbocycles. The first-order chi connectivity index (χ1) is 9.58. The third kappa shape index (κ3) is 3.68. The van der Waals surface area contributed by atoms with Gasteiger partial charge in [0.25, 0.3) is 0 Å². The Bertz CT molecular complexity index is 473. The van der Waals surface area contributed by atoms with Gasteiger partial charge in [0.05, 0.1) is 0 Å². The molecule has 0 radical (unpaired) electrons. The maximum Gasteiger partial charge on any atom is 0.242 e. The number of hydrogen-bond acceptors (Lipinski definition) is 4. The van der Waals surface area contributed by atoms with Crippen molar-refractivity contribution in [2.75, 3.05) is 5.32 Å². The molecule has 0 bridgehead atoms. The number of rotatable bonds is 4. The highest BCUT2D eigenvalue weighted by molar-refractivity contribution is 5.84. The summed E-state index contributed by atoms with van der Waals surface area (Å²) in [6.45, 7) is 5.78. The summed E-state index contributed by atoms with van der Waals surface area (Å²) >= 11 is 0. The summed E-state index contributed by atoms with van der Waals surface area (Å²) in [5.41, 5.74) is 2.32. The highest BCUT2D eigenvalue weighted by Crippen LogP contribution is 2.24. The van der Waals surface area contributed by atoms with Crippen LogP contribution in [0.4, 0.5) is 5.82 Å². The summed E-state index contributed by atoms with van der Waals surface area (Å²) in [5, 5.41) is 6.15. The molecule has 1 aliphatic carbocycles. The molecular formula is C15H24N4O. The molecule has 0 fully saturated rings. The molecule has 1 heterocycles. The van der Waals surface area contributed by atoms with Crippen molar-refractivity contribution in [1.29, 1.82) is 0 Å². The molecule has 1 aromatic heterocycles. The fourth-order valence-corrected chi connectivity index (χ4v) is 2.50. The van der Waals surface area contributed by atoms with E-state index in [1.54, 1.807) is 6.33 Å². The number of amides is 1. The van der Waals surface area contributed by atoms with Gasteiger partial charge in [0, 0.05) is 17.3 Å². The van der Waals surface area contributed by atoms with Crippen LogP contribution >= 0.6 is 0 Å². The van der Waals surface area contributed by atoms with Crippen molar-refractivity contribution in [1.82, 2.24) is 15.3 Å². The lowest BCUT2D eigenvalue weighted by Gasteiger charge is -2.18. The van der Waals surface area contributed by atoms with Crippen molar-refractivity contribution in [2.24, 2.45) is 0 Å². The van der Waals surface area contributed by atoms with Crippen LogP contribution in [-0.4, -0.2) is 28.0 Å². The Labute approximate surface area is 120 Å². The third-order valence-electron chi connectivity index (χ3n) is 3.55. The summed E-state index contributed by atoms with van der Waals surface area (Å²) in [6.07, 6.45) is 7.20. The third-order valence-corrected chi connectivity index (χ3v) is 3.55. The van der Waals surface area contributed by atoms with Crippen LogP contribution in [-0.2, 0) is 17.6 Å². The molecule has 2 rings (SSSR count). The summed E-state index contributed by atoms with van der Waals surface area (Å²) in [5.74, 6) is 0.823. The molecule has 0 saturated heterocycles. The summed E-state index contributed by atoms with van der Waals surface area (Å²) in [7, 11) is 0. The SMILES string of the molecule is CC(C)NC(=O)C(C)Nc1ncnc2c1CCCCC2. The second-order valence-electron chi connectivity index (χ2n) is 5.74. The van der Waals surface area contributed by atoms with Crippen LogP contribution in [0.3, 0.4) is 0 Å². The maximum atomic E-state index is 12.0. The summed E-state index contributed by atoms with van der Waals surface area (Å²) in [6, 6.07) is -0.145. The smallest absolute Gasteiger partial charge is 0.242 e. The van der Waals surface area contributed by atoms with Crippen LogP contribution in [0.1, 0.15) is 51.3 Å². The quantitative estimate of drug-likeness (QED) is 0.826. The molecule has 110 valence electrons. The van der Waals surface area contributed by atoms with E-state index in [1.807, 2.05) is 20.8 Å². The van der Waals surface area contributed by atoms with E-state index >= 15 is 0 Å².